The SMILES string of the molecule is CCC1(C(=O)Nc2ccc(C(=O)NC(C)C)cc2)CCCN1.Cl. The molecule has 6 heteroatoms. The topological polar surface area (TPSA) is 70.2 Å². The number of hydrogen-bond acceptors (Lipinski definition) is 3. The molecule has 0 saturated carbocycles. The number of amides is 2. The molecule has 0 aliphatic carbocycles. The predicted molar refractivity (Wildman–Crippen MR) is 95.2 cm³/mol. The van der Waals surface area contributed by atoms with Crippen molar-refractivity contribution in [2.45, 2.75) is 51.6 Å². The number of hydrogen-bond donors (Lipinski definition) is 3. The van der Waals surface area contributed by atoms with E-state index in [0.717, 1.165) is 25.8 Å². The zero-order chi connectivity index (χ0) is 16.2. The molecule has 1 saturated heterocycles. The summed E-state index contributed by atoms with van der Waals surface area (Å²) < 4.78 is 0. The second-order valence-corrected chi connectivity index (χ2v) is 6.13. The van der Waals surface area contributed by atoms with Gasteiger partial charge in [-0.3, -0.25) is 9.59 Å². The molecule has 3 N–H and O–H groups in total. The van der Waals surface area contributed by atoms with E-state index in [0.29, 0.717) is 11.3 Å². The summed E-state index contributed by atoms with van der Waals surface area (Å²) in [6.07, 6.45) is 2.66. The zero-order valence-electron chi connectivity index (χ0n) is 13.9. The van der Waals surface area contributed by atoms with Crippen LogP contribution in [0.25, 0.3) is 0 Å². The minimum atomic E-state index is -0.451. The summed E-state index contributed by atoms with van der Waals surface area (Å²) in [4.78, 5) is 24.4. The van der Waals surface area contributed by atoms with Gasteiger partial charge in [-0.15, -0.1) is 12.4 Å². The number of anilines is 1. The molecule has 1 fully saturated rings. The molecule has 1 aliphatic heterocycles. The first-order valence-electron chi connectivity index (χ1n) is 7.94. The molecule has 128 valence electrons. The molecule has 2 amide bonds. The van der Waals surface area contributed by atoms with Crippen molar-refractivity contribution in [1.82, 2.24) is 10.6 Å². The summed E-state index contributed by atoms with van der Waals surface area (Å²) in [7, 11) is 0. The third-order valence-electron chi connectivity index (χ3n) is 4.11. The Morgan fingerprint density at radius 1 is 1.26 bits per heavy atom. The lowest BCUT2D eigenvalue weighted by Crippen LogP contribution is -2.50. The van der Waals surface area contributed by atoms with Crippen molar-refractivity contribution in [2.24, 2.45) is 0 Å². The molecular weight excluding hydrogens is 314 g/mol. The van der Waals surface area contributed by atoms with Gasteiger partial charge in [0.2, 0.25) is 5.91 Å². The number of halogens is 1. The van der Waals surface area contributed by atoms with E-state index >= 15 is 0 Å². The Kier molecular flexibility index (Phi) is 7.03. The standard InChI is InChI=1S/C17H25N3O2.ClH/c1-4-17(10-5-11-18-17)16(22)20-14-8-6-13(7-9-14)15(21)19-12(2)3;/h6-9,12,18H,4-5,10-11H2,1-3H3,(H,19,21)(H,20,22);1H. The minimum absolute atomic E-state index is 0. The lowest BCUT2D eigenvalue weighted by atomic mass is 9.93. The molecule has 2 rings (SSSR count). The maximum absolute atomic E-state index is 12.5. The molecular formula is C17H26ClN3O2. The molecule has 5 nitrogen and oxygen atoms in total. The number of benzene rings is 1. The molecule has 0 aromatic heterocycles. The summed E-state index contributed by atoms with van der Waals surface area (Å²) >= 11 is 0. The second kappa shape index (κ2) is 8.31. The molecule has 1 aliphatic rings. The van der Waals surface area contributed by atoms with E-state index in [1.54, 1.807) is 24.3 Å². The van der Waals surface area contributed by atoms with Crippen LogP contribution in [0.1, 0.15) is 50.4 Å². The first kappa shape index (κ1) is 19.5. The summed E-state index contributed by atoms with van der Waals surface area (Å²) in [5.74, 6) is -0.0951. The third kappa shape index (κ3) is 4.69. The van der Waals surface area contributed by atoms with E-state index < -0.39 is 5.54 Å². The summed E-state index contributed by atoms with van der Waals surface area (Å²) in [6, 6.07) is 7.10. The highest BCUT2D eigenvalue weighted by Gasteiger charge is 2.38. The van der Waals surface area contributed by atoms with Gasteiger partial charge in [0.25, 0.3) is 5.91 Å². The smallest absolute Gasteiger partial charge is 0.251 e. The molecule has 0 bridgehead atoms. The van der Waals surface area contributed by atoms with Crippen LogP contribution in [0.2, 0.25) is 0 Å². The Bertz CT molecular complexity index is 537. The normalized spacial score (nSPS) is 20.0. The molecule has 1 aromatic carbocycles. The summed E-state index contributed by atoms with van der Waals surface area (Å²) in [5.41, 5.74) is 0.858. The predicted octanol–water partition coefficient (Wildman–Crippen LogP) is 2.72. The number of nitrogens with one attached hydrogen (secondary N) is 3. The Morgan fingerprint density at radius 3 is 2.39 bits per heavy atom. The fourth-order valence-electron chi connectivity index (χ4n) is 2.76. The minimum Gasteiger partial charge on any atom is -0.350 e. The lowest BCUT2D eigenvalue weighted by Gasteiger charge is -2.26. The van der Waals surface area contributed by atoms with E-state index in [1.165, 1.54) is 0 Å². The highest BCUT2D eigenvalue weighted by atomic mass is 35.5. The van der Waals surface area contributed by atoms with Gasteiger partial charge in [0.05, 0.1) is 5.54 Å². The van der Waals surface area contributed by atoms with Crippen molar-refractivity contribution in [3.05, 3.63) is 29.8 Å². The van der Waals surface area contributed by atoms with Gasteiger partial charge in [-0.2, -0.15) is 0 Å². The van der Waals surface area contributed by atoms with Gasteiger partial charge in [-0.1, -0.05) is 6.92 Å². The Balaban J connectivity index is 0.00000264. The first-order chi connectivity index (χ1) is 10.5. The molecule has 0 spiro atoms. The summed E-state index contributed by atoms with van der Waals surface area (Å²) in [6.45, 7) is 6.75. The Hall–Kier alpha value is -1.59. The van der Waals surface area contributed by atoms with Crippen LogP contribution in [0.3, 0.4) is 0 Å². The van der Waals surface area contributed by atoms with Crippen molar-refractivity contribution in [3.63, 3.8) is 0 Å². The van der Waals surface area contributed by atoms with Crippen molar-refractivity contribution in [1.29, 1.82) is 0 Å². The van der Waals surface area contributed by atoms with Crippen molar-refractivity contribution >= 4 is 29.9 Å². The van der Waals surface area contributed by atoms with Gasteiger partial charge in [-0.05, 0) is 63.9 Å². The fraction of sp³-hybridized carbons (Fsp3) is 0.529. The molecule has 1 unspecified atom stereocenters. The van der Waals surface area contributed by atoms with Gasteiger partial charge in [-0.25, -0.2) is 0 Å². The van der Waals surface area contributed by atoms with Crippen molar-refractivity contribution in [2.75, 3.05) is 11.9 Å². The number of rotatable bonds is 5. The fourth-order valence-corrected chi connectivity index (χ4v) is 2.76. The van der Waals surface area contributed by atoms with Crippen LogP contribution < -0.4 is 16.0 Å². The van der Waals surface area contributed by atoms with Crippen LogP contribution in [0.15, 0.2) is 24.3 Å². The molecule has 1 aromatic rings. The van der Waals surface area contributed by atoms with Crippen LogP contribution in [-0.2, 0) is 4.79 Å². The van der Waals surface area contributed by atoms with Crippen molar-refractivity contribution in [3.8, 4) is 0 Å². The van der Waals surface area contributed by atoms with Gasteiger partial charge in [0.1, 0.15) is 0 Å². The number of carbonyl (C=O) groups excluding carboxylic acids is 2. The Labute approximate surface area is 144 Å². The molecule has 23 heavy (non-hydrogen) atoms. The van der Waals surface area contributed by atoms with Crippen LogP contribution >= 0.6 is 12.4 Å². The van der Waals surface area contributed by atoms with E-state index in [1.807, 2.05) is 20.8 Å². The Morgan fingerprint density at radius 2 is 1.91 bits per heavy atom. The van der Waals surface area contributed by atoms with E-state index in [9.17, 15) is 9.59 Å². The van der Waals surface area contributed by atoms with E-state index in [2.05, 4.69) is 16.0 Å². The largest absolute Gasteiger partial charge is 0.350 e. The first-order valence-corrected chi connectivity index (χ1v) is 7.94. The molecule has 1 heterocycles. The highest BCUT2D eigenvalue weighted by Crippen LogP contribution is 2.25. The summed E-state index contributed by atoms with van der Waals surface area (Å²) in [5, 5.41) is 9.11. The third-order valence-corrected chi connectivity index (χ3v) is 4.11. The van der Waals surface area contributed by atoms with Crippen LogP contribution in [0.4, 0.5) is 5.69 Å². The van der Waals surface area contributed by atoms with E-state index in [-0.39, 0.29) is 30.3 Å². The van der Waals surface area contributed by atoms with Crippen molar-refractivity contribution < 1.29 is 9.59 Å². The quantitative estimate of drug-likeness (QED) is 0.772. The second-order valence-electron chi connectivity index (χ2n) is 6.13. The molecule has 0 radical (unpaired) electrons. The van der Waals surface area contributed by atoms with Gasteiger partial charge in [0, 0.05) is 17.3 Å². The van der Waals surface area contributed by atoms with Crippen LogP contribution in [0.5, 0.6) is 0 Å². The average Bonchev–Trinajstić information content (AvgIpc) is 2.97. The average molecular weight is 340 g/mol. The maximum Gasteiger partial charge on any atom is 0.251 e. The highest BCUT2D eigenvalue weighted by molar-refractivity contribution is 5.99. The monoisotopic (exact) mass is 339 g/mol. The van der Waals surface area contributed by atoms with Crippen LogP contribution in [0, 0.1) is 0 Å². The van der Waals surface area contributed by atoms with Gasteiger partial charge < -0.3 is 16.0 Å². The van der Waals surface area contributed by atoms with Gasteiger partial charge in [0.15, 0.2) is 0 Å². The lowest BCUT2D eigenvalue weighted by molar-refractivity contribution is -0.122. The number of carbonyl (C=O) groups is 2. The maximum atomic E-state index is 12.5. The van der Waals surface area contributed by atoms with E-state index in [4.69, 9.17) is 0 Å². The van der Waals surface area contributed by atoms with Gasteiger partial charge >= 0.3 is 0 Å². The van der Waals surface area contributed by atoms with Crippen LogP contribution in [-0.4, -0.2) is 29.9 Å². The molecule has 1 atom stereocenters. The zero-order valence-corrected chi connectivity index (χ0v) is 14.8.